The van der Waals surface area contributed by atoms with Gasteiger partial charge in [-0.3, -0.25) is 9.89 Å². The van der Waals surface area contributed by atoms with Gasteiger partial charge >= 0.3 is 0 Å². The molecule has 1 aliphatic heterocycles. The normalized spacial score (nSPS) is 18.0. The van der Waals surface area contributed by atoms with Crippen molar-refractivity contribution < 1.29 is 4.79 Å². The van der Waals surface area contributed by atoms with Crippen molar-refractivity contribution in [1.29, 1.82) is 0 Å². The summed E-state index contributed by atoms with van der Waals surface area (Å²) in [5.74, 6) is 0.240. The van der Waals surface area contributed by atoms with Gasteiger partial charge in [0.25, 0.3) is 0 Å². The molecule has 3 aromatic rings. The Kier molecular flexibility index (Phi) is 4.30. The number of carbonyl (C=O) groups excluding carboxylic acids is 1. The van der Waals surface area contributed by atoms with E-state index in [1.165, 1.54) is 10.9 Å². The highest BCUT2D eigenvalue weighted by molar-refractivity contribution is 5.84. The number of piperidine rings is 1. The van der Waals surface area contributed by atoms with Crippen molar-refractivity contribution in [2.24, 2.45) is 0 Å². The molecule has 25 heavy (non-hydrogen) atoms. The number of aryl methyl sites for hydroxylation is 2. The van der Waals surface area contributed by atoms with E-state index in [1.807, 2.05) is 24.5 Å². The predicted octanol–water partition coefficient (Wildman–Crippen LogP) is 3.89. The molecule has 130 valence electrons. The second kappa shape index (κ2) is 6.75. The Morgan fingerprint density at radius 3 is 3.04 bits per heavy atom. The molecule has 5 heteroatoms. The minimum atomic E-state index is 0.145. The molecule has 0 radical (unpaired) electrons. The van der Waals surface area contributed by atoms with E-state index in [0.29, 0.717) is 6.42 Å². The van der Waals surface area contributed by atoms with Crippen LogP contribution in [-0.2, 0) is 11.2 Å². The molecule has 2 N–H and O–H groups in total. The number of nitrogens with zero attached hydrogens (tertiary/aromatic N) is 2. The Morgan fingerprint density at radius 2 is 2.20 bits per heavy atom. The minimum Gasteiger partial charge on any atom is -0.361 e. The van der Waals surface area contributed by atoms with Crippen molar-refractivity contribution in [2.45, 2.75) is 45.1 Å². The Morgan fingerprint density at radius 1 is 1.32 bits per heavy atom. The third-order valence-electron chi connectivity index (χ3n) is 5.31. The van der Waals surface area contributed by atoms with Gasteiger partial charge < -0.3 is 9.88 Å². The van der Waals surface area contributed by atoms with Gasteiger partial charge in [0.1, 0.15) is 0 Å². The molecule has 0 aliphatic carbocycles. The van der Waals surface area contributed by atoms with Crippen LogP contribution in [0.5, 0.6) is 0 Å². The lowest BCUT2D eigenvalue weighted by Crippen LogP contribution is -2.39. The second-order valence-corrected chi connectivity index (χ2v) is 6.92. The van der Waals surface area contributed by atoms with Crippen molar-refractivity contribution in [3.63, 3.8) is 0 Å². The zero-order valence-electron chi connectivity index (χ0n) is 14.6. The van der Waals surface area contributed by atoms with E-state index in [-0.39, 0.29) is 11.9 Å². The largest absolute Gasteiger partial charge is 0.361 e. The van der Waals surface area contributed by atoms with Gasteiger partial charge in [-0.05, 0) is 49.8 Å². The summed E-state index contributed by atoms with van der Waals surface area (Å²) < 4.78 is 0. The van der Waals surface area contributed by atoms with Crippen molar-refractivity contribution in [1.82, 2.24) is 20.1 Å². The first-order chi connectivity index (χ1) is 12.2. The molecule has 1 atom stereocenters. The third kappa shape index (κ3) is 3.06. The topological polar surface area (TPSA) is 64.8 Å². The van der Waals surface area contributed by atoms with Crippen LogP contribution in [0, 0.1) is 6.92 Å². The number of aromatic amines is 2. The van der Waals surface area contributed by atoms with Gasteiger partial charge in [0.2, 0.25) is 5.91 Å². The minimum absolute atomic E-state index is 0.145. The van der Waals surface area contributed by atoms with Crippen molar-refractivity contribution in [2.75, 3.05) is 6.54 Å². The monoisotopic (exact) mass is 336 g/mol. The lowest BCUT2D eigenvalue weighted by Gasteiger charge is -2.35. The molecular formula is C20H24N4O. The highest BCUT2D eigenvalue weighted by Gasteiger charge is 2.29. The molecule has 0 unspecified atom stereocenters. The summed E-state index contributed by atoms with van der Waals surface area (Å²) in [5.41, 5.74) is 4.59. The Hall–Kier alpha value is -2.56. The first-order valence-corrected chi connectivity index (χ1v) is 9.08. The molecule has 2 aromatic heterocycles. The van der Waals surface area contributed by atoms with Crippen molar-refractivity contribution in [3.8, 4) is 0 Å². The van der Waals surface area contributed by atoms with E-state index in [9.17, 15) is 4.79 Å². The Bertz CT molecular complexity index is 879. The maximum Gasteiger partial charge on any atom is 0.223 e. The number of fused-ring (bicyclic) bond motifs is 1. The fourth-order valence-corrected chi connectivity index (χ4v) is 3.95. The first kappa shape index (κ1) is 15.9. The molecule has 0 spiro atoms. The lowest BCUT2D eigenvalue weighted by molar-refractivity contribution is -0.135. The number of hydrogen-bond donors (Lipinski definition) is 2. The standard InChI is InChI=1S/C20H24N4O/c1-14-12-22-23-20(14)18-8-4-5-11-24(18)19(25)10-9-15-13-21-17-7-3-2-6-16(15)17/h2-3,6-7,12-13,18,21H,4-5,8-11H2,1H3,(H,22,23)/t18-/m1/s1. The fourth-order valence-electron chi connectivity index (χ4n) is 3.95. The van der Waals surface area contributed by atoms with Gasteiger partial charge in [-0.25, -0.2) is 0 Å². The number of rotatable bonds is 4. The van der Waals surface area contributed by atoms with E-state index in [2.05, 4.69) is 39.1 Å². The van der Waals surface area contributed by atoms with E-state index in [1.54, 1.807) is 0 Å². The maximum atomic E-state index is 12.9. The van der Waals surface area contributed by atoms with Gasteiger partial charge in [-0.2, -0.15) is 5.10 Å². The summed E-state index contributed by atoms with van der Waals surface area (Å²) >= 11 is 0. The highest BCUT2D eigenvalue weighted by atomic mass is 16.2. The molecule has 4 rings (SSSR count). The van der Waals surface area contributed by atoms with Crippen molar-refractivity contribution >= 4 is 16.8 Å². The summed E-state index contributed by atoms with van der Waals surface area (Å²) in [6.45, 7) is 2.90. The van der Waals surface area contributed by atoms with Gasteiger partial charge in [-0.15, -0.1) is 0 Å². The van der Waals surface area contributed by atoms with Gasteiger partial charge in [0.05, 0.1) is 17.9 Å². The number of benzene rings is 1. The molecule has 1 amide bonds. The van der Waals surface area contributed by atoms with E-state index in [4.69, 9.17) is 0 Å². The van der Waals surface area contributed by atoms with Crippen molar-refractivity contribution in [3.05, 3.63) is 53.5 Å². The van der Waals surface area contributed by atoms with Crippen LogP contribution < -0.4 is 0 Å². The fraction of sp³-hybridized carbons (Fsp3) is 0.400. The van der Waals surface area contributed by atoms with Crippen LogP contribution in [0.1, 0.15) is 48.5 Å². The van der Waals surface area contributed by atoms with Crippen LogP contribution in [0.25, 0.3) is 10.9 Å². The maximum absolute atomic E-state index is 12.9. The van der Waals surface area contributed by atoms with Gasteiger partial charge in [0, 0.05) is 30.1 Å². The molecule has 0 bridgehead atoms. The number of H-pyrrole nitrogens is 2. The molecule has 5 nitrogen and oxygen atoms in total. The summed E-state index contributed by atoms with van der Waals surface area (Å²) in [6, 6.07) is 8.40. The van der Waals surface area contributed by atoms with E-state index < -0.39 is 0 Å². The summed E-state index contributed by atoms with van der Waals surface area (Å²) in [4.78, 5) is 18.3. The molecule has 0 saturated carbocycles. The quantitative estimate of drug-likeness (QED) is 0.759. The molecule has 3 heterocycles. The summed E-state index contributed by atoms with van der Waals surface area (Å²) in [5, 5.41) is 8.47. The molecule has 1 saturated heterocycles. The number of amides is 1. The van der Waals surface area contributed by atoms with Crippen LogP contribution >= 0.6 is 0 Å². The Labute approximate surface area is 147 Å². The molecule has 1 fully saturated rings. The van der Waals surface area contributed by atoms with Crippen LogP contribution in [-0.4, -0.2) is 32.5 Å². The Balaban J connectivity index is 1.48. The molecule has 1 aliphatic rings. The highest BCUT2D eigenvalue weighted by Crippen LogP contribution is 2.32. The number of hydrogen-bond acceptors (Lipinski definition) is 2. The number of para-hydroxylation sites is 1. The van der Waals surface area contributed by atoms with Crippen LogP contribution in [0.4, 0.5) is 0 Å². The molecular weight excluding hydrogens is 312 g/mol. The lowest BCUT2D eigenvalue weighted by atomic mass is 9.96. The number of carbonyl (C=O) groups is 1. The SMILES string of the molecule is Cc1cn[nH]c1[C@H]1CCCCN1C(=O)CCc1c[nH]c2ccccc12. The van der Waals surface area contributed by atoms with Gasteiger partial charge in [0.15, 0.2) is 0 Å². The number of aromatic nitrogens is 3. The number of likely N-dealkylation sites (tertiary alicyclic amines) is 1. The van der Waals surface area contributed by atoms with E-state index in [0.717, 1.165) is 49.0 Å². The zero-order chi connectivity index (χ0) is 17.2. The third-order valence-corrected chi connectivity index (χ3v) is 5.31. The number of nitrogens with one attached hydrogen (secondary N) is 2. The summed E-state index contributed by atoms with van der Waals surface area (Å²) in [7, 11) is 0. The van der Waals surface area contributed by atoms with Crippen LogP contribution in [0.2, 0.25) is 0 Å². The van der Waals surface area contributed by atoms with E-state index >= 15 is 0 Å². The van der Waals surface area contributed by atoms with Gasteiger partial charge in [-0.1, -0.05) is 18.2 Å². The summed E-state index contributed by atoms with van der Waals surface area (Å²) in [6.07, 6.45) is 8.46. The second-order valence-electron chi connectivity index (χ2n) is 6.92. The predicted molar refractivity (Wildman–Crippen MR) is 98.2 cm³/mol. The molecule has 1 aromatic carbocycles. The first-order valence-electron chi connectivity index (χ1n) is 9.08. The zero-order valence-corrected chi connectivity index (χ0v) is 14.6. The average molecular weight is 336 g/mol. The smallest absolute Gasteiger partial charge is 0.223 e. The van der Waals surface area contributed by atoms with Crippen LogP contribution in [0.15, 0.2) is 36.7 Å². The average Bonchev–Trinajstić information content (AvgIpc) is 3.26. The van der Waals surface area contributed by atoms with Crippen LogP contribution in [0.3, 0.4) is 0 Å².